The maximum atomic E-state index is 9.66. The minimum Gasteiger partial charge on any atom is -0.504 e. The van der Waals surface area contributed by atoms with E-state index in [1.165, 1.54) is 6.07 Å². The predicted molar refractivity (Wildman–Crippen MR) is 65.8 cm³/mol. The minimum atomic E-state index is -0.289. The zero-order valence-corrected chi connectivity index (χ0v) is 9.69. The second-order valence-electron chi connectivity index (χ2n) is 3.51. The summed E-state index contributed by atoms with van der Waals surface area (Å²) < 4.78 is 5.46. The highest BCUT2D eigenvalue weighted by Gasteiger charge is 2.10. The maximum absolute atomic E-state index is 9.66. The van der Waals surface area contributed by atoms with Gasteiger partial charge < -0.3 is 14.9 Å². The van der Waals surface area contributed by atoms with E-state index < -0.39 is 0 Å². The van der Waals surface area contributed by atoms with Crippen LogP contribution in [0.4, 0.5) is 0 Å². The Hall–Kier alpha value is -1.87. The number of phenols is 2. The number of hydrogen-bond donors (Lipinski definition) is 2. The zero-order chi connectivity index (χ0) is 12.3. The van der Waals surface area contributed by atoms with Crippen molar-refractivity contribution in [2.24, 2.45) is 0 Å². The molecule has 0 radical (unpaired) electrons. The lowest BCUT2D eigenvalue weighted by atomic mass is 10.2. The highest BCUT2D eigenvalue weighted by atomic mass is 35.5. The van der Waals surface area contributed by atoms with Gasteiger partial charge in [0, 0.05) is 5.88 Å². The standard InChI is InChI=1S/C13H11ClO3/c14-8-9-6-11(15)13(16)12(7-9)17-10-4-2-1-3-5-10/h1-7,15-16H,8H2. The van der Waals surface area contributed by atoms with Crippen LogP contribution in [0.15, 0.2) is 42.5 Å². The Bertz CT molecular complexity index is 512. The van der Waals surface area contributed by atoms with Gasteiger partial charge in [0.1, 0.15) is 5.75 Å². The van der Waals surface area contributed by atoms with E-state index in [0.717, 1.165) is 0 Å². The van der Waals surface area contributed by atoms with E-state index in [9.17, 15) is 10.2 Å². The molecule has 0 aliphatic heterocycles. The first kappa shape index (κ1) is 11.6. The van der Waals surface area contributed by atoms with Gasteiger partial charge >= 0.3 is 0 Å². The number of aromatic hydroxyl groups is 2. The molecular formula is C13H11ClO3. The first-order valence-corrected chi connectivity index (χ1v) is 5.58. The van der Waals surface area contributed by atoms with Gasteiger partial charge in [0.15, 0.2) is 11.5 Å². The molecule has 0 aliphatic carbocycles. The van der Waals surface area contributed by atoms with Crippen molar-refractivity contribution >= 4 is 11.6 Å². The fourth-order valence-electron chi connectivity index (χ4n) is 1.42. The van der Waals surface area contributed by atoms with Crippen molar-refractivity contribution in [2.45, 2.75) is 5.88 Å². The summed E-state index contributed by atoms with van der Waals surface area (Å²) >= 11 is 5.68. The lowest BCUT2D eigenvalue weighted by molar-refractivity contribution is 0.372. The zero-order valence-electron chi connectivity index (χ0n) is 8.93. The third-order valence-electron chi connectivity index (χ3n) is 2.24. The van der Waals surface area contributed by atoms with Crippen LogP contribution in [0.1, 0.15) is 5.56 Å². The molecule has 3 nitrogen and oxygen atoms in total. The summed E-state index contributed by atoms with van der Waals surface area (Å²) in [5.74, 6) is 0.469. The van der Waals surface area contributed by atoms with Crippen LogP contribution in [0.25, 0.3) is 0 Å². The Balaban J connectivity index is 2.35. The molecule has 0 atom stereocenters. The average Bonchev–Trinajstić information content (AvgIpc) is 2.36. The van der Waals surface area contributed by atoms with Crippen molar-refractivity contribution in [2.75, 3.05) is 0 Å². The Morgan fingerprint density at radius 1 is 1.06 bits per heavy atom. The number of benzene rings is 2. The lowest BCUT2D eigenvalue weighted by Gasteiger charge is -2.10. The van der Waals surface area contributed by atoms with Crippen LogP contribution in [0.2, 0.25) is 0 Å². The predicted octanol–water partition coefficient (Wildman–Crippen LogP) is 3.63. The second-order valence-corrected chi connectivity index (χ2v) is 3.78. The first-order chi connectivity index (χ1) is 8.20. The highest BCUT2D eigenvalue weighted by Crippen LogP contribution is 2.39. The monoisotopic (exact) mass is 250 g/mol. The second kappa shape index (κ2) is 4.97. The Kier molecular flexibility index (Phi) is 3.40. The molecule has 88 valence electrons. The van der Waals surface area contributed by atoms with Crippen LogP contribution >= 0.6 is 11.6 Å². The van der Waals surface area contributed by atoms with Crippen molar-refractivity contribution in [1.29, 1.82) is 0 Å². The number of rotatable bonds is 3. The van der Waals surface area contributed by atoms with E-state index in [2.05, 4.69) is 0 Å². The van der Waals surface area contributed by atoms with Gasteiger partial charge in [-0.1, -0.05) is 18.2 Å². The summed E-state index contributed by atoms with van der Waals surface area (Å²) in [5.41, 5.74) is 0.674. The molecule has 0 bridgehead atoms. The number of alkyl halides is 1. The molecule has 2 rings (SSSR count). The normalized spacial score (nSPS) is 10.2. The molecule has 0 spiro atoms. The van der Waals surface area contributed by atoms with Gasteiger partial charge in [-0.15, -0.1) is 11.6 Å². The van der Waals surface area contributed by atoms with Crippen LogP contribution in [-0.2, 0) is 5.88 Å². The Morgan fingerprint density at radius 3 is 2.41 bits per heavy atom. The van der Waals surface area contributed by atoms with Crippen molar-refractivity contribution < 1.29 is 14.9 Å². The molecule has 0 heterocycles. The molecule has 0 saturated carbocycles. The molecule has 0 unspecified atom stereocenters. The Labute approximate surface area is 104 Å². The van der Waals surface area contributed by atoms with E-state index in [4.69, 9.17) is 16.3 Å². The molecule has 2 N–H and O–H groups in total. The molecular weight excluding hydrogens is 240 g/mol. The molecule has 0 aromatic heterocycles. The number of para-hydroxylation sites is 1. The van der Waals surface area contributed by atoms with Gasteiger partial charge in [0.05, 0.1) is 0 Å². The van der Waals surface area contributed by atoms with Crippen LogP contribution in [0.3, 0.4) is 0 Å². The van der Waals surface area contributed by atoms with E-state index in [0.29, 0.717) is 11.3 Å². The summed E-state index contributed by atoms with van der Waals surface area (Å²) in [6, 6.07) is 12.0. The molecule has 2 aromatic carbocycles. The fourth-order valence-corrected chi connectivity index (χ4v) is 1.57. The van der Waals surface area contributed by atoms with Gasteiger partial charge in [0.2, 0.25) is 5.75 Å². The lowest BCUT2D eigenvalue weighted by Crippen LogP contribution is -1.87. The topological polar surface area (TPSA) is 49.7 Å². The summed E-state index contributed by atoms with van der Waals surface area (Å²) in [6.07, 6.45) is 0. The fraction of sp³-hybridized carbons (Fsp3) is 0.0769. The highest BCUT2D eigenvalue weighted by molar-refractivity contribution is 6.17. The average molecular weight is 251 g/mol. The molecule has 0 saturated heterocycles. The first-order valence-electron chi connectivity index (χ1n) is 5.04. The number of phenolic OH excluding ortho intramolecular Hbond substituents is 2. The summed E-state index contributed by atoms with van der Waals surface area (Å²) in [6.45, 7) is 0. The van der Waals surface area contributed by atoms with Gasteiger partial charge in [0.25, 0.3) is 0 Å². The smallest absolute Gasteiger partial charge is 0.201 e. The third kappa shape index (κ3) is 2.63. The SMILES string of the molecule is Oc1cc(CCl)cc(Oc2ccccc2)c1O. The molecule has 17 heavy (non-hydrogen) atoms. The maximum Gasteiger partial charge on any atom is 0.201 e. The number of hydrogen-bond acceptors (Lipinski definition) is 3. The van der Waals surface area contributed by atoms with Crippen molar-refractivity contribution in [3.63, 3.8) is 0 Å². The summed E-state index contributed by atoms with van der Waals surface area (Å²) in [7, 11) is 0. The van der Waals surface area contributed by atoms with Crippen molar-refractivity contribution in [3.8, 4) is 23.0 Å². The van der Waals surface area contributed by atoms with E-state index in [-0.39, 0.29) is 23.1 Å². The van der Waals surface area contributed by atoms with Gasteiger partial charge in [-0.25, -0.2) is 0 Å². The molecule has 0 aliphatic rings. The van der Waals surface area contributed by atoms with Gasteiger partial charge in [-0.2, -0.15) is 0 Å². The van der Waals surface area contributed by atoms with E-state index in [1.807, 2.05) is 18.2 Å². The molecule has 0 fully saturated rings. The number of halogens is 1. The van der Waals surface area contributed by atoms with Crippen LogP contribution in [0, 0.1) is 0 Å². The number of ether oxygens (including phenoxy) is 1. The summed E-state index contributed by atoms with van der Waals surface area (Å²) in [4.78, 5) is 0. The molecule has 4 heteroatoms. The third-order valence-corrected chi connectivity index (χ3v) is 2.55. The van der Waals surface area contributed by atoms with Crippen LogP contribution in [0.5, 0.6) is 23.0 Å². The van der Waals surface area contributed by atoms with Gasteiger partial charge in [-0.05, 0) is 29.8 Å². The summed E-state index contributed by atoms with van der Waals surface area (Å²) in [5, 5.41) is 19.2. The van der Waals surface area contributed by atoms with Crippen molar-refractivity contribution in [1.82, 2.24) is 0 Å². The van der Waals surface area contributed by atoms with Crippen LogP contribution < -0.4 is 4.74 Å². The van der Waals surface area contributed by atoms with Gasteiger partial charge in [-0.3, -0.25) is 0 Å². The van der Waals surface area contributed by atoms with Crippen LogP contribution in [-0.4, -0.2) is 10.2 Å². The van der Waals surface area contributed by atoms with Crippen molar-refractivity contribution in [3.05, 3.63) is 48.0 Å². The quantitative estimate of drug-likeness (QED) is 0.646. The minimum absolute atomic E-state index is 0.187. The largest absolute Gasteiger partial charge is 0.504 e. The molecule has 2 aromatic rings. The molecule has 0 amide bonds. The Morgan fingerprint density at radius 2 is 1.76 bits per heavy atom. The van der Waals surface area contributed by atoms with E-state index >= 15 is 0 Å². The van der Waals surface area contributed by atoms with E-state index in [1.54, 1.807) is 18.2 Å².